The number of ether oxygens (including phenoxy) is 1. The van der Waals surface area contributed by atoms with Crippen LogP contribution in [0, 0.1) is 11.2 Å². The first-order valence-electron chi connectivity index (χ1n) is 12.2. The minimum atomic E-state index is -3.46. The number of carboxylic acid groups (broad SMARTS) is 1. The highest BCUT2D eigenvalue weighted by Gasteiger charge is 2.26. The Kier molecular flexibility index (Phi) is 9.13. The Morgan fingerprint density at radius 1 is 1.13 bits per heavy atom. The van der Waals surface area contributed by atoms with Gasteiger partial charge in [0.1, 0.15) is 18.1 Å². The van der Waals surface area contributed by atoms with Crippen LogP contribution in [-0.2, 0) is 14.6 Å². The summed E-state index contributed by atoms with van der Waals surface area (Å²) in [6.45, 7) is 6.82. The van der Waals surface area contributed by atoms with E-state index in [1.165, 1.54) is 55.5 Å². The summed E-state index contributed by atoms with van der Waals surface area (Å²) < 4.78 is 45.7. The van der Waals surface area contributed by atoms with E-state index in [1.54, 1.807) is 6.07 Å². The molecular weight excluding hydrogens is 529 g/mol. The maximum Gasteiger partial charge on any atom is 0.305 e. The number of benzene rings is 2. The van der Waals surface area contributed by atoms with Gasteiger partial charge in [-0.3, -0.25) is 9.59 Å². The van der Waals surface area contributed by atoms with Crippen molar-refractivity contribution < 1.29 is 37.3 Å². The van der Waals surface area contributed by atoms with E-state index in [-0.39, 0.29) is 34.5 Å². The molecule has 0 aliphatic rings. The Labute approximate surface area is 226 Å². The fraction of sp³-hybridized carbons (Fsp3) is 0.370. The number of aliphatic hydroxyl groups is 1. The lowest BCUT2D eigenvalue weighted by Gasteiger charge is -2.25. The van der Waals surface area contributed by atoms with Gasteiger partial charge in [0.05, 0.1) is 29.2 Å². The van der Waals surface area contributed by atoms with E-state index in [0.29, 0.717) is 5.56 Å². The fourth-order valence-corrected chi connectivity index (χ4v) is 4.41. The smallest absolute Gasteiger partial charge is 0.305 e. The minimum Gasteiger partial charge on any atom is -0.481 e. The summed E-state index contributed by atoms with van der Waals surface area (Å²) in [5.41, 5.74) is -0.302. The summed E-state index contributed by atoms with van der Waals surface area (Å²) in [5.74, 6) is -2.67. The minimum absolute atomic E-state index is 0.00235. The van der Waals surface area contributed by atoms with Gasteiger partial charge >= 0.3 is 5.97 Å². The molecule has 1 amide bonds. The second kappa shape index (κ2) is 12.0. The Morgan fingerprint density at radius 3 is 2.33 bits per heavy atom. The van der Waals surface area contributed by atoms with Crippen LogP contribution in [0.1, 0.15) is 56.2 Å². The van der Waals surface area contributed by atoms with Gasteiger partial charge < -0.3 is 20.3 Å². The number of nitrogens with one attached hydrogen (secondary N) is 1. The molecule has 10 nitrogen and oxygen atoms in total. The van der Waals surface area contributed by atoms with E-state index in [9.17, 15) is 32.6 Å². The predicted octanol–water partition coefficient (Wildman–Crippen LogP) is 3.54. The molecule has 0 fully saturated rings. The number of carboxylic acids is 1. The van der Waals surface area contributed by atoms with Crippen molar-refractivity contribution in [3.63, 3.8) is 0 Å². The number of para-hydroxylation sites is 1. The van der Waals surface area contributed by atoms with Gasteiger partial charge in [0.25, 0.3) is 5.91 Å². The lowest BCUT2D eigenvalue weighted by Crippen LogP contribution is -2.32. The average Bonchev–Trinajstić information content (AvgIpc) is 3.30. The standard InChI is InChI=1S/C27H32FN3O7S/c1-5-39(36,37)18-12-10-17(11-13-18)20(15-25(33)34)29-26(35)21-14-24(38-16-23(32)27(2,3)4)31(30-21)22-9-7-6-8-19(22)28/h6-14,20,23,32H,5,15-16H2,1-4H3,(H,29,35)(H,33,34). The van der Waals surface area contributed by atoms with E-state index >= 15 is 0 Å². The zero-order chi connectivity index (χ0) is 29.0. The summed E-state index contributed by atoms with van der Waals surface area (Å²) in [7, 11) is -3.46. The second-order valence-corrected chi connectivity index (χ2v) is 12.3. The topological polar surface area (TPSA) is 148 Å². The number of hydrogen-bond acceptors (Lipinski definition) is 7. The number of nitrogens with zero attached hydrogens (tertiary/aromatic N) is 2. The Balaban J connectivity index is 1.93. The molecule has 2 aromatic carbocycles. The first-order valence-corrected chi connectivity index (χ1v) is 13.9. The third-order valence-electron chi connectivity index (χ3n) is 6.08. The molecule has 3 aromatic rings. The molecule has 0 aliphatic heterocycles. The zero-order valence-corrected chi connectivity index (χ0v) is 22.9. The molecule has 0 bridgehead atoms. The second-order valence-electron chi connectivity index (χ2n) is 10.0. The molecule has 0 spiro atoms. The van der Waals surface area contributed by atoms with Gasteiger partial charge in [-0.05, 0) is 35.2 Å². The van der Waals surface area contributed by atoms with Crippen LogP contribution >= 0.6 is 0 Å². The summed E-state index contributed by atoms with van der Waals surface area (Å²) in [5, 5.41) is 26.6. The predicted molar refractivity (Wildman–Crippen MR) is 141 cm³/mol. The largest absolute Gasteiger partial charge is 0.481 e. The van der Waals surface area contributed by atoms with Crippen molar-refractivity contribution in [1.29, 1.82) is 0 Å². The van der Waals surface area contributed by atoms with Crippen LogP contribution in [0.5, 0.6) is 5.88 Å². The molecule has 39 heavy (non-hydrogen) atoms. The van der Waals surface area contributed by atoms with Crippen molar-refractivity contribution in [2.24, 2.45) is 5.41 Å². The molecule has 0 aliphatic carbocycles. The van der Waals surface area contributed by atoms with Crippen LogP contribution in [0.3, 0.4) is 0 Å². The number of aliphatic hydroxyl groups excluding tert-OH is 1. The van der Waals surface area contributed by atoms with Crippen LogP contribution in [0.4, 0.5) is 4.39 Å². The normalized spacial score (nSPS) is 13.5. The molecule has 210 valence electrons. The number of rotatable bonds is 11. The van der Waals surface area contributed by atoms with Gasteiger partial charge in [0.2, 0.25) is 5.88 Å². The van der Waals surface area contributed by atoms with Crippen LogP contribution in [0.15, 0.2) is 59.5 Å². The van der Waals surface area contributed by atoms with Gasteiger partial charge in [-0.2, -0.15) is 9.78 Å². The number of aliphatic carboxylic acids is 1. The van der Waals surface area contributed by atoms with Gasteiger partial charge in [-0.1, -0.05) is 52.0 Å². The highest BCUT2D eigenvalue weighted by molar-refractivity contribution is 7.91. The monoisotopic (exact) mass is 561 g/mol. The summed E-state index contributed by atoms with van der Waals surface area (Å²) in [6, 6.07) is 11.6. The first-order chi connectivity index (χ1) is 18.2. The zero-order valence-electron chi connectivity index (χ0n) is 22.1. The number of aromatic nitrogens is 2. The van der Waals surface area contributed by atoms with Gasteiger partial charge in [0.15, 0.2) is 15.5 Å². The number of sulfone groups is 1. The molecule has 3 N–H and O–H groups in total. The van der Waals surface area contributed by atoms with E-state index in [0.717, 1.165) is 4.68 Å². The molecule has 0 radical (unpaired) electrons. The molecule has 3 rings (SSSR count). The molecule has 1 heterocycles. The van der Waals surface area contributed by atoms with Gasteiger partial charge in [-0.25, -0.2) is 12.8 Å². The number of carbonyl (C=O) groups is 2. The number of halogens is 1. The van der Waals surface area contributed by atoms with E-state index in [4.69, 9.17) is 4.74 Å². The van der Waals surface area contributed by atoms with E-state index in [2.05, 4.69) is 10.4 Å². The first kappa shape index (κ1) is 29.8. The van der Waals surface area contributed by atoms with Crippen LogP contribution in [-0.4, -0.2) is 58.8 Å². The van der Waals surface area contributed by atoms with Crippen LogP contribution in [0.25, 0.3) is 5.69 Å². The van der Waals surface area contributed by atoms with E-state index in [1.807, 2.05) is 20.8 Å². The lowest BCUT2D eigenvalue weighted by atomic mass is 9.90. The number of amides is 1. The van der Waals surface area contributed by atoms with Crippen LogP contribution in [0.2, 0.25) is 0 Å². The van der Waals surface area contributed by atoms with Gasteiger partial charge in [-0.15, -0.1) is 0 Å². The number of hydrogen-bond donors (Lipinski definition) is 3. The fourth-order valence-electron chi connectivity index (χ4n) is 3.52. The highest BCUT2D eigenvalue weighted by atomic mass is 32.2. The lowest BCUT2D eigenvalue weighted by molar-refractivity contribution is -0.137. The molecule has 0 saturated heterocycles. The van der Waals surface area contributed by atoms with Crippen molar-refractivity contribution >= 4 is 21.7 Å². The maximum atomic E-state index is 14.6. The quantitative estimate of drug-likeness (QED) is 0.322. The molecule has 0 saturated carbocycles. The Morgan fingerprint density at radius 2 is 1.77 bits per heavy atom. The third kappa shape index (κ3) is 7.42. The van der Waals surface area contributed by atoms with Crippen molar-refractivity contribution in [1.82, 2.24) is 15.1 Å². The van der Waals surface area contributed by atoms with Crippen molar-refractivity contribution in [3.8, 4) is 11.6 Å². The van der Waals surface area contributed by atoms with Crippen molar-refractivity contribution in [2.45, 2.75) is 51.2 Å². The summed E-state index contributed by atoms with van der Waals surface area (Å²) in [6.07, 6.45) is -1.36. The molecule has 2 atom stereocenters. The van der Waals surface area contributed by atoms with E-state index < -0.39 is 51.5 Å². The average molecular weight is 562 g/mol. The van der Waals surface area contributed by atoms with Crippen LogP contribution < -0.4 is 10.1 Å². The van der Waals surface area contributed by atoms with Crippen molar-refractivity contribution in [3.05, 3.63) is 71.7 Å². The van der Waals surface area contributed by atoms with Crippen molar-refractivity contribution in [2.75, 3.05) is 12.4 Å². The molecular formula is C27H32FN3O7S. The molecule has 2 unspecified atom stereocenters. The SMILES string of the molecule is CCS(=O)(=O)c1ccc(C(CC(=O)O)NC(=O)c2cc(OCC(O)C(C)(C)C)n(-c3ccccc3F)n2)cc1. The Bertz CT molecular complexity index is 1430. The Hall–Kier alpha value is -3.77. The third-order valence-corrected chi connectivity index (χ3v) is 7.83. The summed E-state index contributed by atoms with van der Waals surface area (Å²) in [4.78, 5) is 24.8. The molecule has 12 heteroatoms. The number of carbonyl (C=O) groups excluding carboxylic acids is 1. The van der Waals surface area contributed by atoms with Gasteiger partial charge in [0, 0.05) is 6.07 Å². The molecule has 1 aromatic heterocycles. The summed E-state index contributed by atoms with van der Waals surface area (Å²) >= 11 is 0. The highest BCUT2D eigenvalue weighted by Crippen LogP contribution is 2.26. The maximum absolute atomic E-state index is 14.6.